The number of nitrogens with zero attached hydrogens (tertiary/aromatic N) is 1. The van der Waals surface area contributed by atoms with Crippen molar-refractivity contribution in [3.63, 3.8) is 0 Å². The molecule has 1 aliphatic rings. The van der Waals surface area contributed by atoms with Crippen molar-refractivity contribution in [3.05, 3.63) is 35.1 Å². The van der Waals surface area contributed by atoms with E-state index in [9.17, 15) is 22.4 Å². The molecule has 0 bridgehead atoms. The van der Waals surface area contributed by atoms with E-state index >= 15 is 0 Å². The van der Waals surface area contributed by atoms with Crippen molar-refractivity contribution >= 4 is 5.97 Å². The number of rotatable bonds is 3. The van der Waals surface area contributed by atoms with Gasteiger partial charge in [-0.25, -0.2) is 4.39 Å². The fourth-order valence-electron chi connectivity index (χ4n) is 2.37. The first-order chi connectivity index (χ1) is 9.62. The fraction of sp³-hybridized carbons (Fsp3) is 0.462. The van der Waals surface area contributed by atoms with Gasteiger partial charge in [-0.1, -0.05) is 6.07 Å². The van der Waals surface area contributed by atoms with E-state index in [2.05, 4.69) is 0 Å². The molecular formula is C13H14F4N2O2. The first kappa shape index (κ1) is 15.7. The first-order valence-corrected chi connectivity index (χ1v) is 6.22. The van der Waals surface area contributed by atoms with E-state index in [4.69, 9.17) is 10.8 Å². The minimum atomic E-state index is -4.76. The predicted octanol–water partition coefficient (Wildman–Crippen LogP) is 1.83. The molecule has 1 atom stereocenters. The highest BCUT2D eigenvalue weighted by molar-refractivity contribution is 5.79. The molecule has 0 amide bonds. The van der Waals surface area contributed by atoms with E-state index in [-0.39, 0.29) is 25.1 Å². The highest BCUT2D eigenvalue weighted by Gasteiger charge is 2.41. The molecule has 3 N–H and O–H groups in total. The van der Waals surface area contributed by atoms with Crippen LogP contribution in [0.4, 0.5) is 17.6 Å². The Bertz CT molecular complexity index is 562. The summed E-state index contributed by atoms with van der Waals surface area (Å²) in [6, 6.07) is 2.76. The lowest BCUT2D eigenvalue weighted by Crippen LogP contribution is -2.50. The first-order valence-electron chi connectivity index (χ1n) is 6.22. The maximum Gasteiger partial charge on any atom is 0.419 e. The van der Waals surface area contributed by atoms with Crippen molar-refractivity contribution in [2.75, 3.05) is 13.1 Å². The van der Waals surface area contributed by atoms with Crippen molar-refractivity contribution in [3.8, 4) is 0 Å². The van der Waals surface area contributed by atoms with E-state index in [1.807, 2.05) is 0 Å². The molecule has 1 saturated heterocycles. The Morgan fingerprint density at radius 2 is 2.10 bits per heavy atom. The molecule has 0 radical (unpaired) electrons. The lowest BCUT2D eigenvalue weighted by molar-refractivity contribution is -0.143. The molecule has 116 valence electrons. The van der Waals surface area contributed by atoms with E-state index < -0.39 is 29.1 Å². The molecule has 1 aliphatic heterocycles. The van der Waals surface area contributed by atoms with Crippen LogP contribution in [0.15, 0.2) is 18.2 Å². The third-order valence-electron chi connectivity index (χ3n) is 3.55. The van der Waals surface area contributed by atoms with Crippen molar-refractivity contribution < 1.29 is 27.5 Å². The molecule has 0 spiro atoms. The van der Waals surface area contributed by atoms with E-state index in [1.54, 1.807) is 4.90 Å². The number of aliphatic carboxylic acids is 1. The highest BCUT2D eigenvalue weighted by atomic mass is 19.4. The molecule has 1 aromatic carbocycles. The van der Waals surface area contributed by atoms with Crippen LogP contribution in [0.2, 0.25) is 0 Å². The van der Waals surface area contributed by atoms with Crippen LogP contribution >= 0.6 is 0 Å². The summed E-state index contributed by atoms with van der Waals surface area (Å²) in [5, 5.41) is 8.99. The Morgan fingerprint density at radius 3 is 2.62 bits per heavy atom. The third kappa shape index (κ3) is 3.33. The summed E-state index contributed by atoms with van der Waals surface area (Å²) in [6.45, 7) is 0.498. The molecule has 8 heteroatoms. The van der Waals surface area contributed by atoms with Crippen LogP contribution in [0.3, 0.4) is 0 Å². The average Bonchev–Trinajstić information content (AvgIpc) is 2.73. The zero-order valence-electron chi connectivity index (χ0n) is 11.0. The Balaban J connectivity index is 2.13. The van der Waals surface area contributed by atoms with Gasteiger partial charge in [-0.05, 0) is 24.1 Å². The van der Waals surface area contributed by atoms with Crippen LogP contribution in [0.5, 0.6) is 0 Å². The number of hydrogen-bond donors (Lipinski definition) is 2. The Labute approximate surface area is 118 Å². The monoisotopic (exact) mass is 306 g/mol. The van der Waals surface area contributed by atoms with Crippen molar-refractivity contribution in [2.24, 2.45) is 5.73 Å². The predicted molar refractivity (Wildman–Crippen MR) is 65.9 cm³/mol. The van der Waals surface area contributed by atoms with Crippen LogP contribution < -0.4 is 5.73 Å². The van der Waals surface area contributed by atoms with Crippen molar-refractivity contribution in [2.45, 2.75) is 24.7 Å². The maximum atomic E-state index is 13.2. The Morgan fingerprint density at radius 1 is 1.43 bits per heavy atom. The number of alkyl halides is 3. The van der Waals surface area contributed by atoms with Crippen LogP contribution in [0.1, 0.15) is 17.5 Å². The van der Waals surface area contributed by atoms with Gasteiger partial charge in [-0.3, -0.25) is 9.69 Å². The maximum absolute atomic E-state index is 13.2. The van der Waals surface area contributed by atoms with Gasteiger partial charge in [0.05, 0.1) is 5.56 Å². The van der Waals surface area contributed by atoms with Crippen molar-refractivity contribution in [1.29, 1.82) is 0 Å². The number of likely N-dealkylation sites (tertiary alicyclic amines) is 1. The minimum absolute atomic E-state index is 0.0427. The molecule has 4 nitrogen and oxygen atoms in total. The van der Waals surface area contributed by atoms with E-state index in [0.29, 0.717) is 6.54 Å². The lowest BCUT2D eigenvalue weighted by Gasteiger charge is -2.20. The smallest absolute Gasteiger partial charge is 0.419 e. The summed E-state index contributed by atoms with van der Waals surface area (Å²) >= 11 is 0. The third-order valence-corrected chi connectivity index (χ3v) is 3.55. The summed E-state index contributed by atoms with van der Waals surface area (Å²) in [5.41, 5.74) is 3.25. The summed E-state index contributed by atoms with van der Waals surface area (Å²) < 4.78 is 51.0. The van der Waals surface area contributed by atoms with Crippen LogP contribution in [0.25, 0.3) is 0 Å². The quantitative estimate of drug-likeness (QED) is 0.836. The molecule has 0 aromatic heterocycles. The molecule has 1 fully saturated rings. The molecular weight excluding hydrogens is 292 g/mol. The van der Waals surface area contributed by atoms with Crippen molar-refractivity contribution in [1.82, 2.24) is 4.90 Å². The minimum Gasteiger partial charge on any atom is -0.480 e. The summed E-state index contributed by atoms with van der Waals surface area (Å²) in [7, 11) is 0. The zero-order valence-corrected chi connectivity index (χ0v) is 11.0. The van der Waals surface area contributed by atoms with Gasteiger partial charge in [0, 0.05) is 19.6 Å². The number of carbonyl (C=O) groups is 1. The molecule has 1 heterocycles. The summed E-state index contributed by atoms with van der Waals surface area (Å²) in [6.07, 6.45) is -4.54. The molecule has 0 aliphatic carbocycles. The second kappa shape index (κ2) is 5.27. The van der Waals surface area contributed by atoms with Crippen LogP contribution in [0, 0.1) is 5.82 Å². The van der Waals surface area contributed by atoms with Gasteiger partial charge >= 0.3 is 12.1 Å². The molecule has 1 unspecified atom stereocenters. The molecule has 0 saturated carbocycles. The fourth-order valence-corrected chi connectivity index (χ4v) is 2.37. The van der Waals surface area contributed by atoms with Crippen LogP contribution in [-0.4, -0.2) is 34.6 Å². The standard InChI is InChI=1S/C13H14F4N2O2/c14-10-2-1-8(5-9(10)13(15,16)17)6-19-4-3-12(18,7-19)11(20)21/h1-2,5H,3-4,6-7,18H2,(H,20,21). The van der Waals surface area contributed by atoms with Gasteiger partial charge in [0.25, 0.3) is 0 Å². The van der Waals surface area contributed by atoms with Gasteiger partial charge < -0.3 is 10.8 Å². The second-order valence-electron chi connectivity index (χ2n) is 5.23. The molecule has 2 rings (SSSR count). The number of carboxylic acid groups (broad SMARTS) is 1. The Kier molecular flexibility index (Phi) is 3.94. The topological polar surface area (TPSA) is 66.6 Å². The second-order valence-corrected chi connectivity index (χ2v) is 5.23. The van der Waals surface area contributed by atoms with Gasteiger partial charge in [0.15, 0.2) is 0 Å². The van der Waals surface area contributed by atoms with E-state index in [1.165, 1.54) is 6.07 Å². The van der Waals surface area contributed by atoms with Gasteiger partial charge in [0.1, 0.15) is 11.4 Å². The normalized spacial score (nSPS) is 23.5. The lowest BCUT2D eigenvalue weighted by atomic mass is 10.0. The number of hydrogen-bond acceptors (Lipinski definition) is 3. The van der Waals surface area contributed by atoms with Crippen LogP contribution in [-0.2, 0) is 17.5 Å². The number of halogens is 4. The van der Waals surface area contributed by atoms with E-state index in [0.717, 1.165) is 12.1 Å². The molecule has 1 aromatic rings. The summed E-state index contributed by atoms with van der Waals surface area (Å²) in [5.74, 6) is -2.47. The highest BCUT2D eigenvalue weighted by Crippen LogP contribution is 2.32. The van der Waals surface area contributed by atoms with Gasteiger partial charge in [0.2, 0.25) is 0 Å². The van der Waals surface area contributed by atoms with Gasteiger partial charge in [-0.15, -0.1) is 0 Å². The summed E-state index contributed by atoms with van der Waals surface area (Å²) in [4.78, 5) is 12.6. The number of nitrogens with two attached hydrogens (primary N) is 1. The number of benzene rings is 1. The largest absolute Gasteiger partial charge is 0.480 e. The zero-order chi connectivity index (χ0) is 15.8. The SMILES string of the molecule is NC1(C(=O)O)CCN(Cc2ccc(F)c(C(F)(F)F)c2)C1. The number of carboxylic acids is 1. The Hall–Kier alpha value is -1.67. The van der Waals surface area contributed by atoms with Gasteiger partial charge in [-0.2, -0.15) is 13.2 Å². The molecule has 21 heavy (non-hydrogen) atoms. The average molecular weight is 306 g/mol.